The van der Waals surface area contributed by atoms with Crippen LogP contribution in [0.1, 0.15) is 38.9 Å². The number of carbonyl (C=O) groups is 2. The van der Waals surface area contributed by atoms with Gasteiger partial charge in [0.05, 0.1) is 31.0 Å². The van der Waals surface area contributed by atoms with Gasteiger partial charge in [-0.2, -0.15) is 5.10 Å². The number of esters is 1. The number of benzene rings is 4. The van der Waals surface area contributed by atoms with Crippen molar-refractivity contribution in [2.24, 2.45) is 5.10 Å². The maximum Gasteiger partial charge on any atom is 0.343 e. The number of fused-ring (bicyclic) bond motifs is 1. The molecule has 42 heavy (non-hydrogen) atoms. The van der Waals surface area contributed by atoms with Crippen molar-refractivity contribution in [3.8, 4) is 28.4 Å². The van der Waals surface area contributed by atoms with Crippen LogP contribution in [-0.2, 0) is 0 Å². The normalized spacial score (nSPS) is 11.0. The van der Waals surface area contributed by atoms with Gasteiger partial charge in [-0.05, 0) is 67.4 Å². The smallest absolute Gasteiger partial charge is 0.343 e. The van der Waals surface area contributed by atoms with Crippen molar-refractivity contribution in [2.75, 3.05) is 13.7 Å². The third kappa shape index (κ3) is 6.06. The fourth-order valence-electron chi connectivity index (χ4n) is 4.50. The van der Waals surface area contributed by atoms with Gasteiger partial charge in [-0.15, -0.1) is 0 Å². The molecule has 0 aliphatic rings. The van der Waals surface area contributed by atoms with Gasteiger partial charge < -0.3 is 19.2 Å². The summed E-state index contributed by atoms with van der Waals surface area (Å²) in [5, 5.41) is 5.01. The van der Waals surface area contributed by atoms with Gasteiger partial charge in [0.25, 0.3) is 5.91 Å². The SMILES string of the molecule is CCOc1cc(C=NNC(=O)c2[nH]c3c(OC)ccc(Br)c3c2-c2ccccc2)ccc1OC(=O)c1ccc(C)cc1. The van der Waals surface area contributed by atoms with E-state index < -0.39 is 11.9 Å². The molecule has 0 atom stereocenters. The molecule has 0 saturated heterocycles. The molecule has 0 fully saturated rings. The number of nitrogens with zero attached hydrogens (tertiary/aromatic N) is 1. The van der Waals surface area contributed by atoms with Crippen molar-refractivity contribution in [3.05, 3.63) is 112 Å². The monoisotopic (exact) mass is 625 g/mol. The zero-order valence-electron chi connectivity index (χ0n) is 23.2. The lowest BCUT2D eigenvalue weighted by molar-refractivity contribution is 0.0728. The first-order chi connectivity index (χ1) is 20.4. The molecule has 0 saturated carbocycles. The predicted octanol–water partition coefficient (Wildman–Crippen LogP) is 7.30. The Morgan fingerprint density at radius 2 is 1.69 bits per heavy atom. The second-order valence-electron chi connectivity index (χ2n) is 9.33. The third-order valence-corrected chi connectivity index (χ3v) is 7.17. The Balaban J connectivity index is 1.39. The number of amides is 1. The summed E-state index contributed by atoms with van der Waals surface area (Å²) in [6.45, 7) is 4.15. The quantitative estimate of drug-likeness (QED) is 0.0774. The Kier molecular flexibility index (Phi) is 8.68. The number of ether oxygens (including phenoxy) is 3. The Morgan fingerprint density at radius 1 is 0.952 bits per heavy atom. The lowest BCUT2D eigenvalue weighted by atomic mass is 10.0. The van der Waals surface area contributed by atoms with E-state index >= 15 is 0 Å². The van der Waals surface area contributed by atoms with Gasteiger partial charge in [0, 0.05) is 15.4 Å². The number of aromatic amines is 1. The van der Waals surface area contributed by atoms with Crippen molar-refractivity contribution in [1.29, 1.82) is 0 Å². The van der Waals surface area contributed by atoms with Crippen LogP contribution in [0.2, 0.25) is 0 Å². The number of methoxy groups -OCH3 is 1. The van der Waals surface area contributed by atoms with E-state index in [-0.39, 0.29) is 5.75 Å². The molecule has 5 rings (SSSR count). The number of hydrogen-bond donors (Lipinski definition) is 2. The van der Waals surface area contributed by atoms with Crippen LogP contribution in [0.5, 0.6) is 17.2 Å². The first-order valence-electron chi connectivity index (χ1n) is 13.2. The van der Waals surface area contributed by atoms with E-state index in [1.807, 2.05) is 68.4 Å². The van der Waals surface area contributed by atoms with Crippen LogP contribution < -0.4 is 19.6 Å². The van der Waals surface area contributed by atoms with Crippen LogP contribution in [0.15, 0.2) is 94.5 Å². The Morgan fingerprint density at radius 3 is 2.40 bits per heavy atom. The van der Waals surface area contributed by atoms with Crippen molar-refractivity contribution < 1.29 is 23.8 Å². The molecular weight excluding hydrogens is 598 g/mol. The molecule has 0 aliphatic heterocycles. The second kappa shape index (κ2) is 12.7. The molecule has 212 valence electrons. The van der Waals surface area contributed by atoms with Gasteiger partial charge in [-0.25, -0.2) is 10.2 Å². The molecule has 9 heteroatoms. The van der Waals surface area contributed by atoms with Crippen LogP contribution in [0, 0.1) is 6.92 Å². The number of halogens is 1. The molecule has 0 unspecified atom stereocenters. The minimum atomic E-state index is -0.486. The lowest BCUT2D eigenvalue weighted by Gasteiger charge is -2.11. The first-order valence-corrected chi connectivity index (χ1v) is 14.0. The van der Waals surface area contributed by atoms with E-state index in [0.29, 0.717) is 40.4 Å². The number of aromatic nitrogens is 1. The Bertz CT molecular complexity index is 1780. The predicted molar refractivity (Wildman–Crippen MR) is 167 cm³/mol. The van der Waals surface area contributed by atoms with Crippen LogP contribution >= 0.6 is 15.9 Å². The van der Waals surface area contributed by atoms with Gasteiger partial charge in [-0.3, -0.25) is 4.79 Å². The minimum Gasteiger partial charge on any atom is -0.495 e. The topological polar surface area (TPSA) is 102 Å². The molecule has 1 heterocycles. The van der Waals surface area contributed by atoms with Gasteiger partial charge in [-0.1, -0.05) is 64.0 Å². The van der Waals surface area contributed by atoms with Gasteiger partial charge in [0.2, 0.25) is 0 Å². The van der Waals surface area contributed by atoms with E-state index in [2.05, 4.69) is 31.4 Å². The van der Waals surface area contributed by atoms with E-state index in [1.54, 1.807) is 37.4 Å². The summed E-state index contributed by atoms with van der Waals surface area (Å²) in [7, 11) is 1.58. The maximum atomic E-state index is 13.4. The maximum absolute atomic E-state index is 13.4. The van der Waals surface area contributed by atoms with Crippen LogP contribution in [0.4, 0.5) is 0 Å². The highest BCUT2D eigenvalue weighted by Crippen LogP contribution is 2.40. The number of H-pyrrole nitrogens is 1. The van der Waals surface area contributed by atoms with E-state index in [1.165, 1.54) is 6.21 Å². The van der Waals surface area contributed by atoms with Crippen molar-refractivity contribution >= 4 is 44.9 Å². The molecule has 0 spiro atoms. The molecule has 0 bridgehead atoms. The standard InChI is InChI=1S/C33H28BrN3O5/c1-4-41-27-18-21(12-16-25(27)42-33(39)23-13-10-20(2)11-14-23)19-35-37-32(38)31-28(22-8-6-5-7-9-22)29-24(34)15-17-26(40-3)30(29)36-31/h5-19,36H,4H2,1-3H3,(H,37,38). The first kappa shape index (κ1) is 28.6. The molecule has 2 N–H and O–H groups in total. The molecule has 1 amide bonds. The largest absolute Gasteiger partial charge is 0.495 e. The third-order valence-electron chi connectivity index (χ3n) is 6.51. The van der Waals surface area contributed by atoms with E-state index in [9.17, 15) is 9.59 Å². The summed E-state index contributed by atoms with van der Waals surface area (Å²) in [6.07, 6.45) is 1.49. The summed E-state index contributed by atoms with van der Waals surface area (Å²) >= 11 is 3.63. The minimum absolute atomic E-state index is 0.286. The average molecular weight is 627 g/mol. The van der Waals surface area contributed by atoms with Gasteiger partial charge in [0.15, 0.2) is 11.5 Å². The molecule has 0 aliphatic carbocycles. The molecule has 1 aromatic heterocycles. The molecule has 0 radical (unpaired) electrons. The van der Waals surface area contributed by atoms with E-state index in [4.69, 9.17) is 14.2 Å². The highest BCUT2D eigenvalue weighted by Gasteiger charge is 2.23. The van der Waals surface area contributed by atoms with Crippen LogP contribution in [0.25, 0.3) is 22.0 Å². The van der Waals surface area contributed by atoms with Crippen molar-refractivity contribution in [2.45, 2.75) is 13.8 Å². The number of nitrogens with one attached hydrogen (secondary N) is 2. The Hall–Kier alpha value is -4.89. The van der Waals surface area contributed by atoms with Crippen LogP contribution in [-0.4, -0.2) is 36.8 Å². The second-order valence-corrected chi connectivity index (χ2v) is 10.2. The summed E-state index contributed by atoms with van der Waals surface area (Å²) < 4.78 is 17.7. The number of hydrogen-bond acceptors (Lipinski definition) is 6. The number of hydrazone groups is 1. The van der Waals surface area contributed by atoms with Gasteiger partial charge >= 0.3 is 5.97 Å². The highest BCUT2D eigenvalue weighted by atomic mass is 79.9. The molecule has 4 aromatic carbocycles. The number of rotatable bonds is 9. The summed E-state index contributed by atoms with van der Waals surface area (Å²) in [6, 6.07) is 25.5. The number of aryl methyl sites for hydroxylation is 1. The summed E-state index contributed by atoms with van der Waals surface area (Å²) in [5.74, 6) is 0.366. The van der Waals surface area contributed by atoms with Gasteiger partial charge in [0.1, 0.15) is 11.4 Å². The number of carbonyl (C=O) groups excluding carboxylic acids is 2. The summed E-state index contributed by atoms with van der Waals surface area (Å²) in [5.41, 5.74) is 7.36. The van der Waals surface area contributed by atoms with Crippen molar-refractivity contribution in [3.63, 3.8) is 0 Å². The molecular formula is C33H28BrN3O5. The average Bonchev–Trinajstić information content (AvgIpc) is 3.41. The lowest BCUT2D eigenvalue weighted by Crippen LogP contribution is -2.19. The molecule has 5 aromatic rings. The molecule has 8 nitrogen and oxygen atoms in total. The van der Waals surface area contributed by atoms with E-state index in [0.717, 1.165) is 26.5 Å². The fourth-order valence-corrected chi connectivity index (χ4v) is 5.03. The fraction of sp³-hybridized carbons (Fsp3) is 0.121. The zero-order chi connectivity index (χ0) is 29.6. The van der Waals surface area contributed by atoms with Crippen LogP contribution in [0.3, 0.4) is 0 Å². The zero-order valence-corrected chi connectivity index (χ0v) is 24.8. The van der Waals surface area contributed by atoms with Crippen molar-refractivity contribution in [1.82, 2.24) is 10.4 Å². The highest BCUT2D eigenvalue weighted by molar-refractivity contribution is 9.10. The Labute approximate surface area is 251 Å². The summed E-state index contributed by atoms with van der Waals surface area (Å²) in [4.78, 5) is 29.3.